The fraction of sp³-hybridized carbons (Fsp3) is 0.355. The summed E-state index contributed by atoms with van der Waals surface area (Å²) in [6.45, 7) is 2.07. The van der Waals surface area contributed by atoms with Crippen molar-refractivity contribution in [3.63, 3.8) is 0 Å². The third-order valence-electron chi connectivity index (χ3n) is 6.25. The van der Waals surface area contributed by atoms with Gasteiger partial charge in [-0.25, -0.2) is 4.79 Å². The van der Waals surface area contributed by atoms with Gasteiger partial charge < -0.3 is 23.7 Å². The lowest BCUT2D eigenvalue weighted by atomic mass is 9.98. The zero-order chi connectivity index (χ0) is 26.6. The number of benzene rings is 3. The summed E-state index contributed by atoms with van der Waals surface area (Å²) in [4.78, 5) is 25.1. The van der Waals surface area contributed by atoms with Gasteiger partial charge in [-0.2, -0.15) is 0 Å². The lowest BCUT2D eigenvalue weighted by molar-refractivity contribution is -0.236. The minimum absolute atomic E-state index is 0.00594. The molecule has 38 heavy (non-hydrogen) atoms. The van der Waals surface area contributed by atoms with Crippen LogP contribution in [0.1, 0.15) is 30.0 Å². The molecule has 0 spiro atoms. The molecule has 3 aromatic carbocycles. The molecule has 3 aromatic rings. The first kappa shape index (κ1) is 27.5. The van der Waals surface area contributed by atoms with Crippen LogP contribution in [-0.4, -0.2) is 49.6 Å². The van der Waals surface area contributed by atoms with Gasteiger partial charge in [0.05, 0.1) is 13.2 Å². The number of carbonyl (C=O) groups excluding carboxylic acids is 2. The molecule has 1 saturated heterocycles. The third-order valence-corrected chi connectivity index (χ3v) is 6.25. The van der Waals surface area contributed by atoms with Gasteiger partial charge in [0.25, 0.3) is 0 Å². The van der Waals surface area contributed by atoms with E-state index < -0.39 is 36.4 Å². The molecule has 0 N–H and O–H groups in total. The van der Waals surface area contributed by atoms with Gasteiger partial charge in [0.15, 0.2) is 12.2 Å². The normalized spacial score (nSPS) is 21.0. The predicted octanol–water partition coefficient (Wildman–Crippen LogP) is 4.66. The predicted molar refractivity (Wildman–Crippen MR) is 141 cm³/mol. The molecule has 0 aromatic heterocycles. The number of carbonyl (C=O) groups is 2. The van der Waals surface area contributed by atoms with E-state index in [1.54, 1.807) is 0 Å². The van der Waals surface area contributed by atoms with Gasteiger partial charge in [-0.1, -0.05) is 91.0 Å². The Morgan fingerprint density at radius 1 is 0.763 bits per heavy atom. The van der Waals surface area contributed by atoms with Crippen molar-refractivity contribution in [1.82, 2.24) is 0 Å². The van der Waals surface area contributed by atoms with Gasteiger partial charge in [0.1, 0.15) is 18.8 Å². The standard InChI is InChI=1S/C31H34O7/c1-23(32)38-27-22-36-30(31(33)37-21-26-16-9-4-10-17-26)29(28(27)35-20-25-14-7-3-8-15-25)34-19-11-18-24-12-5-2-6-13-24/h2-10,12-17,27-30H,11,18-22H2,1H3/t27?,28-,29-,30?/m0/s1. The molecule has 0 saturated carbocycles. The topological polar surface area (TPSA) is 80.3 Å². The maximum Gasteiger partial charge on any atom is 0.338 e. The molecular weight excluding hydrogens is 484 g/mol. The Bertz CT molecular complexity index is 1120. The van der Waals surface area contributed by atoms with Crippen LogP contribution in [0.2, 0.25) is 0 Å². The first-order valence-corrected chi connectivity index (χ1v) is 12.9. The maximum absolute atomic E-state index is 13.2. The number of rotatable bonds is 12. The molecule has 0 bridgehead atoms. The van der Waals surface area contributed by atoms with Crippen molar-refractivity contribution in [2.24, 2.45) is 0 Å². The van der Waals surface area contributed by atoms with E-state index in [1.165, 1.54) is 12.5 Å². The Morgan fingerprint density at radius 2 is 1.34 bits per heavy atom. The van der Waals surface area contributed by atoms with Gasteiger partial charge in [-0.3, -0.25) is 4.79 Å². The molecule has 4 atom stereocenters. The van der Waals surface area contributed by atoms with Crippen LogP contribution in [0.3, 0.4) is 0 Å². The van der Waals surface area contributed by atoms with E-state index in [-0.39, 0.29) is 19.8 Å². The summed E-state index contributed by atoms with van der Waals surface area (Å²) < 4.78 is 29.5. The van der Waals surface area contributed by atoms with Crippen molar-refractivity contribution in [3.8, 4) is 0 Å². The molecule has 0 amide bonds. The Labute approximate surface area is 223 Å². The highest BCUT2D eigenvalue weighted by molar-refractivity contribution is 5.76. The Hall–Kier alpha value is -3.52. The number of esters is 2. The van der Waals surface area contributed by atoms with E-state index in [2.05, 4.69) is 12.1 Å². The second-order valence-corrected chi connectivity index (χ2v) is 9.18. The second kappa shape index (κ2) is 14.4. The van der Waals surface area contributed by atoms with Gasteiger partial charge in [-0.05, 0) is 29.5 Å². The highest BCUT2D eigenvalue weighted by Crippen LogP contribution is 2.26. The first-order chi connectivity index (χ1) is 18.6. The molecule has 200 valence electrons. The van der Waals surface area contributed by atoms with Crippen LogP contribution in [0.15, 0.2) is 91.0 Å². The molecule has 7 nitrogen and oxygen atoms in total. The second-order valence-electron chi connectivity index (χ2n) is 9.18. The van der Waals surface area contributed by atoms with E-state index >= 15 is 0 Å². The quantitative estimate of drug-likeness (QED) is 0.255. The van der Waals surface area contributed by atoms with Crippen molar-refractivity contribution in [1.29, 1.82) is 0 Å². The number of ether oxygens (including phenoxy) is 5. The molecule has 1 heterocycles. The average Bonchev–Trinajstić information content (AvgIpc) is 2.95. The van der Waals surface area contributed by atoms with Crippen molar-refractivity contribution in [2.75, 3.05) is 13.2 Å². The summed E-state index contributed by atoms with van der Waals surface area (Å²) >= 11 is 0. The summed E-state index contributed by atoms with van der Waals surface area (Å²) in [6, 6.07) is 29.2. The van der Waals surface area contributed by atoms with E-state index in [4.69, 9.17) is 23.7 Å². The zero-order valence-electron chi connectivity index (χ0n) is 21.6. The van der Waals surface area contributed by atoms with E-state index in [0.29, 0.717) is 6.61 Å². The minimum Gasteiger partial charge on any atom is -0.459 e. The molecule has 1 aliphatic heterocycles. The SMILES string of the molecule is CC(=O)OC1COC(C(=O)OCc2ccccc2)[C@@H](OCCCc2ccccc2)[C@H]1OCc1ccccc1. The zero-order valence-corrected chi connectivity index (χ0v) is 21.6. The van der Waals surface area contributed by atoms with Crippen LogP contribution in [0.4, 0.5) is 0 Å². The van der Waals surface area contributed by atoms with Crippen LogP contribution in [0.5, 0.6) is 0 Å². The van der Waals surface area contributed by atoms with E-state index in [9.17, 15) is 9.59 Å². The third kappa shape index (κ3) is 8.25. The molecule has 1 aliphatic rings. The molecule has 2 unspecified atom stereocenters. The Morgan fingerprint density at radius 3 is 1.95 bits per heavy atom. The fourth-order valence-corrected chi connectivity index (χ4v) is 4.39. The number of aryl methyl sites for hydroxylation is 1. The average molecular weight is 519 g/mol. The lowest BCUT2D eigenvalue weighted by Crippen LogP contribution is -2.59. The Kier molecular flexibility index (Phi) is 10.4. The van der Waals surface area contributed by atoms with Gasteiger partial charge in [0.2, 0.25) is 0 Å². The molecule has 7 heteroatoms. The molecule has 0 aliphatic carbocycles. The summed E-state index contributed by atoms with van der Waals surface area (Å²) in [6.07, 6.45) is -1.75. The maximum atomic E-state index is 13.2. The summed E-state index contributed by atoms with van der Waals surface area (Å²) in [5.41, 5.74) is 3.02. The van der Waals surface area contributed by atoms with E-state index in [1.807, 2.05) is 78.9 Å². The van der Waals surface area contributed by atoms with E-state index in [0.717, 1.165) is 24.0 Å². The summed E-state index contributed by atoms with van der Waals surface area (Å²) in [5, 5.41) is 0. The number of hydrogen-bond donors (Lipinski definition) is 0. The number of hydrogen-bond acceptors (Lipinski definition) is 7. The minimum atomic E-state index is -1.02. The van der Waals surface area contributed by atoms with Gasteiger partial charge in [0, 0.05) is 13.5 Å². The van der Waals surface area contributed by atoms with Crippen LogP contribution in [-0.2, 0) is 52.9 Å². The van der Waals surface area contributed by atoms with Crippen molar-refractivity contribution < 1.29 is 33.3 Å². The largest absolute Gasteiger partial charge is 0.459 e. The first-order valence-electron chi connectivity index (χ1n) is 12.9. The monoisotopic (exact) mass is 518 g/mol. The molecular formula is C31H34O7. The Balaban J connectivity index is 1.48. The molecule has 1 fully saturated rings. The van der Waals surface area contributed by atoms with Crippen molar-refractivity contribution in [3.05, 3.63) is 108 Å². The van der Waals surface area contributed by atoms with Crippen LogP contribution >= 0.6 is 0 Å². The van der Waals surface area contributed by atoms with Crippen LogP contribution in [0.25, 0.3) is 0 Å². The van der Waals surface area contributed by atoms with Crippen LogP contribution in [0, 0.1) is 0 Å². The van der Waals surface area contributed by atoms with Crippen molar-refractivity contribution in [2.45, 2.75) is 57.4 Å². The summed E-state index contributed by atoms with van der Waals surface area (Å²) in [5.74, 6) is -1.00. The highest BCUT2D eigenvalue weighted by Gasteiger charge is 2.47. The molecule has 4 rings (SSSR count). The lowest BCUT2D eigenvalue weighted by Gasteiger charge is -2.40. The summed E-state index contributed by atoms with van der Waals surface area (Å²) in [7, 11) is 0. The highest BCUT2D eigenvalue weighted by atomic mass is 16.6. The fourth-order valence-electron chi connectivity index (χ4n) is 4.39. The van der Waals surface area contributed by atoms with Gasteiger partial charge >= 0.3 is 11.9 Å². The molecule has 0 radical (unpaired) electrons. The van der Waals surface area contributed by atoms with Gasteiger partial charge in [-0.15, -0.1) is 0 Å². The van der Waals surface area contributed by atoms with Crippen molar-refractivity contribution >= 4 is 11.9 Å². The smallest absolute Gasteiger partial charge is 0.338 e. The van der Waals surface area contributed by atoms with Crippen LogP contribution < -0.4 is 0 Å².